The van der Waals surface area contributed by atoms with Gasteiger partial charge in [-0.25, -0.2) is 0 Å². The Morgan fingerprint density at radius 2 is 2.26 bits per heavy atom. The van der Waals surface area contributed by atoms with Crippen molar-refractivity contribution in [2.75, 3.05) is 31.6 Å². The monoisotopic (exact) mass is 344 g/mol. The van der Waals surface area contributed by atoms with Crippen LogP contribution in [-0.4, -0.2) is 37.6 Å². The van der Waals surface area contributed by atoms with Crippen LogP contribution in [0.25, 0.3) is 0 Å². The lowest BCUT2D eigenvalue weighted by atomic mass is 10.1. The van der Waals surface area contributed by atoms with E-state index in [1.54, 1.807) is 0 Å². The first-order valence-electron chi connectivity index (χ1n) is 6.95. The highest BCUT2D eigenvalue weighted by Crippen LogP contribution is 2.28. The summed E-state index contributed by atoms with van der Waals surface area (Å²) in [5.74, 6) is 0. The van der Waals surface area contributed by atoms with E-state index >= 15 is 0 Å². The zero-order valence-corrected chi connectivity index (χ0v) is 14.0. The summed E-state index contributed by atoms with van der Waals surface area (Å²) >= 11 is 9.85. The van der Waals surface area contributed by atoms with Crippen LogP contribution in [0.5, 0.6) is 0 Å². The number of halogens is 2. The average molecular weight is 346 g/mol. The first kappa shape index (κ1) is 15.1. The molecule has 1 aliphatic rings. The van der Waals surface area contributed by atoms with Crippen molar-refractivity contribution < 1.29 is 0 Å². The van der Waals surface area contributed by atoms with E-state index in [2.05, 4.69) is 51.8 Å². The molecular formula is C15H22BrClN2. The molecule has 0 spiro atoms. The number of likely N-dealkylation sites (tertiary alicyclic amines) is 1. The molecule has 2 rings (SSSR count). The molecule has 0 aliphatic carbocycles. The number of anilines is 1. The Hall–Kier alpha value is -0.250. The van der Waals surface area contributed by atoms with Gasteiger partial charge in [-0.05, 0) is 43.6 Å². The minimum absolute atomic E-state index is 0.668. The van der Waals surface area contributed by atoms with Crippen LogP contribution in [0, 0.1) is 0 Å². The summed E-state index contributed by atoms with van der Waals surface area (Å²) in [4.78, 5) is 4.86. The fourth-order valence-electron chi connectivity index (χ4n) is 2.88. The molecule has 1 aromatic carbocycles. The van der Waals surface area contributed by atoms with E-state index in [-0.39, 0.29) is 0 Å². The molecule has 0 N–H and O–H groups in total. The number of benzene rings is 1. The summed E-state index contributed by atoms with van der Waals surface area (Å²) < 4.78 is 0. The number of hydrogen-bond acceptors (Lipinski definition) is 2. The van der Waals surface area contributed by atoms with E-state index in [1.807, 2.05) is 6.07 Å². The van der Waals surface area contributed by atoms with Gasteiger partial charge >= 0.3 is 0 Å². The van der Waals surface area contributed by atoms with Crippen molar-refractivity contribution in [3.05, 3.63) is 28.8 Å². The lowest BCUT2D eigenvalue weighted by Crippen LogP contribution is -2.38. The van der Waals surface area contributed by atoms with Crippen LogP contribution in [-0.2, 0) is 5.33 Å². The molecule has 1 unspecified atom stereocenters. The van der Waals surface area contributed by atoms with Crippen LogP contribution in [0.2, 0.25) is 5.02 Å². The highest BCUT2D eigenvalue weighted by Gasteiger charge is 2.24. The van der Waals surface area contributed by atoms with Gasteiger partial charge in [0, 0.05) is 25.0 Å². The summed E-state index contributed by atoms with van der Waals surface area (Å²) in [6.07, 6.45) is 2.62. The van der Waals surface area contributed by atoms with Crippen LogP contribution in [0.1, 0.15) is 25.3 Å². The highest BCUT2D eigenvalue weighted by molar-refractivity contribution is 9.08. The largest absolute Gasteiger partial charge is 0.372 e. The molecule has 1 heterocycles. The van der Waals surface area contributed by atoms with Crippen molar-refractivity contribution in [2.24, 2.45) is 0 Å². The van der Waals surface area contributed by atoms with Gasteiger partial charge in [0.1, 0.15) is 0 Å². The maximum Gasteiger partial charge on any atom is 0.0642 e. The molecule has 0 aromatic heterocycles. The molecular weight excluding hydrogens is 324 g/mol. The maximum atomic E-state index is 6.38. The summed E-state index contributed by atoms with van der Waals surface area (Å²) in [5.41, 5.74) is 2.35. The number of likely N-dealkylation sites (N-methyl/N-ethyl adjacent to an activating group) is 2. The Morgan fingerprint density at radius 3 is 2.89 bits per heavy atom. The molecule has 19 heavy (non-hydrogen) atoms. The second-order valence-corrected chi connectivity index (χ2v) is 6.19. The summed E-state index contributed by atoms with van der Waals surface area (Å²) in [5, 5.41) is 1.70. The molecule has 1 aliphatic heterocycles. The molecule has 106 valence electrons. The fraction of sp³-hybridized carbons (Fsp3) is 0.600. The lowest BCUT2D eigenvalue weighted by Gasteiger charge is -2.29. The van der Waals surface area contributed by atoms with Crippen molar-refractivity contribution in [1.82, 2.24) is 4.90 Å². The number of rotatable bonds is 5. The van der Waals surface area contributed by atoms with Gasteiger partial charge in [-0.2, -0.15) is 0 Å². The van der Waals surface area contributed by atoms with Crippen LogP contribution in [0.4, 0.5) is 5.69 Å². The van der Waals surface area contributed by atoms with Crippen molar-refractivity contribution in [2.45, 2.75) is 31.1 Å². The third-order valence-electron chi connectivity index (χ3n) is 3.97. The molecule has 1 saturated heterocycles. The van der Waals surface area contributed by atoms with E-state index in [0.717, 1.165) is 29.1 Å². The Balaban J connectivity index is 2.05. The summed E-state index contributed by atoms with van der Waals surface area (Å²) in [6.45, 7) is 5.69. The van der Waals surface area contributed by atoms with E-state index < -0.39 is 0 Å². The lowest BCUT2D eigenvalue weighted by molar-refractivity contribution is 0.270. The molecule has 1 aromatic rings. The molecule has 0 amide bonds. The quantitative estimate of drug-likeness (QED) is 0.740. The number of nitrogens with zero attached hydrogens (tertiary/aromatic N) is 2. The van der Waals surface area contributed by atoms with Gasteiger partial charge in [-0.15, -0.1) is 0 Å². The van der Waals surface area contributed by atoms with Crippen LogP contribution in [0.15, 0.2) is 18.2 Å². The molecule has 2 nitrogen and oxygen atoms in total. The Bertz CT molecular complexity index is 425. The van der Waals surface area contributed by atoms with Crippen LogP contribution >= 0.6 is 27.5 Å². The van der Waals surface area contributed by atoms with E-state index in [4.69, 9.17) is 11.6 Å². The number of alkyl halides is 1. The van der Waals surface area contributed by atoms with Gasteiger partial charge in [-0.1, -0.05) is 40.5 Å². The molecule has 1 fully saturated rings. The van der Waals surface area contributed by atoms with Gasteiger partial charge in [0.15, 0.2) is 0 Å². The van der Waals surface area contributed by atoms with E-state index in [9.17, 15) is 0 Å². The smallest absolute Gasteiger partial charge is 0.0642 e. The molecule has 0 saturated carbocycles. The second-order valence-electron chi connectivity index (χ2n) is 5.22. The summed E-state index contributed by atoms with van der Waals surface area (Å²) in [6, 6.07) is 6.99. The van der Waals surface area contributed by atoms with Gasteiger partial charge in [0.05, 0.1) is 10.7 Å². The van der Waals surface area contributed by atoms with E-state index in [0.29, 0.717) is 6.04 Å². The Labute approximate surface area is 129 Å². The molecule has 0 radical (unpaired) electrons. The maximum absolute atomic E-state index is 6.38. The molecule has 1 atom stereocenters. The van der Waals surface area contributed by atoms with Crippen molar-refractivity contribution in [1.29, 1.82) is 0 Å². The topological polar surface area (TPSA) is 6.48 Å². The predicted octanol–water partition coefficient (Wildman–Crippen LogP) is 4.16. The van der Waals surface area contributed by atoms with Crippen molar-refractivity contribution in [3.63, 3.8) is 0 Å². The minimum Gasteiger partial charge on any atom is -0.372 e. The van der Waals surface area contributed by atoms with Gasteiger partial charge in [0.25, 0.3) is 0 Å². The first-order valence-corrected chi connectivity index (χ1v) is 8.45. The van der Waals surface area contributed by atoms with Gasteiger partial charge in [0.2, 0.25) is 0 Å². The molecule has 0 bridgehead atoms. The standard InChI is InChI=1S/C15H22BrClN2/c1-3-19-8-4-5-13(19)11-18(2)15-7-6-12(10-16)9-14(15)17/h6-7,9,13H,3-5,8,10-11H2,1-2H3. The number of hydrogen-bond donors (Lipinski definition) is 0. The van der Waals surface area contributed by atoms with Gasteiger partial charge < -0.3 is 4.90 Å². The highest BCUT2D eigenvalue weighted by atomic mass is 79.9. The van der Waals surface area contributed by atoms with Crippen molar-refractivity contribution >= 4 is 33.2 Å². The minimum atomic E-state index is 0.668. The molecule has 4 heteroatoms. The summed E-state index contributed by atoms with van der Waals surface area (Å²) in [7, 11) is 2.14. The fourth-order valence-corrected chi connectivity index (χ4v) is 3.57. The normalized spacial score (nSPS) is 19.9. The first-order chi connectivity index (χ1) is 9.15. The predicted molar refractivity (Wildman–Crippen MR) is 87.6 cm³/mol. The average Bonchev–Trinajstić information content (AvgIpc) is 2.85. The van der Waals surface area contributed by atoms with Crippen LogP contribution in [0.3, 0.4) is 0 Å². The Morgan fingerprint density at radius 1 is 1.47 bits per heavy atom. The second kappa shape index (κ2) is 6.96. The van der Waals surface area contributed by atoms with Crippen molar-refractivity contribution in [3.8, 4) is 0 Å². The van der Waals surface area contributed by atoms with Gasteiger partial charge in [-0.3, -0.25) is 4.90 Å². The zero-order chi connectivity index (χ0) is 13.8. The SMILES string of the molecule is CCN1CCCC1CN(C)c1ccc(CBr)cc1Cl. The van der Waals surface area contributed by atoms with E-state index in [1.165, 1.54) is 24.9 Å². The third kappa shape index (κ3) is 3.65. The zero-order valence-electron chi connectivity index (χ0n) is 11.7. The third-order valence-corrected chi connectivity index (χ3v) is 4.92. The van der Waals surface area contributed by atoms with Crippen LogP contribution < -0.4 is 4.90 Å². The Kier molecular flexibility index (Phi) is 5.55.